The Labute approximate surface area is 166 Å². The van der Waals surface area contributed by atoms with Crippen molar-refractivity contribution >= 4 is 34.0 Å². The second-order valence-electron chi connectivity index (χ2n) is 6.53. The summed E-state index contributed by atoms with van der Waals surface area (Å²) in [4.78, 5) is 25.4. The number of unbranched alkanes of at least 4 members (excludes halogenated alkanes) is 1. The van der Waals surface area contributed by atoms with E-state index in [2.05, 4.69) is 28.5 Å². The quantitative estimate of drug-likeness (QED) is 0.543. The lowest BCUT2D eigenvalue weighted by molar-refractivity contribution is -0.113. The second kappa shape index (κ2) is 9.24. The van der Waals surface area contributed by atoms with Crippen LogP contribution in [0.5, 0.6) is 0 Å². The SMILES string of the molecule is CCCCn1c(SCC(=O)Nc2sc3c(c2C#N)CCCCC3)n[nH]c1=O. The normalized spacial score (nSPS) is 13.6. The number of aromatic amines is 1. The van der Waals surface area contributed by atoms with Crippen molar-refractivity contribution in [2.45, 2.75) is 63.6 Å². The molecule has 144 valence electrons. The minimum atomic E-state index is -0.250. The highest BCUT2D eigenvalue weighted by molar-refractivity contribution is 7.99. The van der Waals surface area contributed by atoms with Crippen LogP contribution in [0.2, 0.25) is 0 Å². The third-order valence-corrected chi connectivity index (χ3v) is 6.76. The molecule has 0 radical (unpaired) electrons. The molecule has 0 saturated carbocycles. The summed E-state index contributed by atoms with van der Waals surface area (Å²) in [5, 5.41) is 20.1. The first kappa shape index (κ1) is 19.7. The van der Waals surface area contributed by atoms with Crippen LogP contribution in [-0.4, -0.2) is 26.4 Å². The molecular formula is C18H23N5O2S2. The fourth-order valence-electron chi connectivity index (χ4n) is 3.17. The van der Waals surface area contributed by atoms with E-state index in [0.29, 0.717) is 22.3 Å². The zero-order chi connectivity index (χ0) is 19.2. The highest BCUT2D eigenvalue weighted by atomic mass is 32.2. The van der Waals surface area contributed by atoms with E-state index in [9.17, 15) is 14.9 Å². The van der Waals surface area contributed by atoms with Gasteiger partial charge in [0.1, 0.15) is 11.1 Å². The maximum absolute atomic E-state index is 12.4. The molecule has 2 aromatic heterocycles. The number of H-pyrrole nitrogens is 1. The van der Waals surface area contributed by atoms with Crippen molar-refractivity contribution < 1.29 is 4.79 Å². The van der Waals surface area contributed by atoms with Gasteiger partial charge in [-0.1, -0.05) is 31.5 Å². The Morgan fingerprint density at radius 2 is 2.22 bits per heavy atom. The molecule has 0 fully saturated rings. The highest BCUT2D eigenvalue weighted by Crippen LogP contribution is 2.37. The molecule has 0 aromatic carbocycles. The van der Waals surface area contributed by atoms with Gasteiger partial charge in [-0.15, -0.1) is 16.4 Å². The van der Waals surface area contributed by atoms with Gasteiger partial charge in [0.05, 0.1) is 11.3 Å². The molecule has 3 rings (SSSR count). The number of amides is 1. The van der Waals surface area contributed by atoms with Crippen molar-refractivity contribution in [1.82, 2.24) is 14.8 Å². The standard InChI is InChI=1S/C18H23N5O2S2/c1-2-3-9-23-17(25)21-22-18(23)26-11-15(24)20-16-13(10-19)12-7-5-4-6-8-14(12)27-16/h2-9,11H2,1H3,(H,20,24)(H,21,25). The summed E-state index contributed by atoms with van der Waals surface area (Å²) < 4.78 is 1.56. The molecule has 0 unspecified atom stereocenters. The number of aryl methyl sites for hydroxylation is 1. The number of aromatic nitrogens is 3. The van der Waals surface area contributed by atoms with Gasteiger partial charge in [0, 0.05) is 11.4 Å². The third kappa shape index (κ3) is 4.62. The molecule has 0 aliphatic heterocycles. The molecular weight excluding hydrogens is 382 g/mol. The number of thiophene rings is 1. The lowest BCUT2D eigenvalue weighted by atomic mass is 10.1. The van der Waals surface area contributed by atoms with E-state index < -0.39 is 0 Å². The van der Waals surface area contributed by atoms with Crippen molar-refractivity contribution in [2.24, 2.45) is 0 Å². The maximum atomic E-state index is 12.4. The molecule has 0 saturated heterocycles. The van der Waals surface area contributed by atoms with Gasteiger partial charge in [0.2, 0.25) is 5.91 Å². The van der Waals surface area contributed by atoms with Gasteiger partial charge in [-0.3, -0.25) is 9.36 Å². The Morgan fingerprint density at radius 3 is 3.00 bits per heavy atom. The predicted octanol–water partition coefficient (Wildman–Crippen LogP) is 3.30. The largest absolute Gasteiger partial charge is 0.343 e. The minimum absolute atomic E-state index is 0.143. The third-order valence-electron chi connectivity index (χ3n) is 4.58. The van der Waals surface area contributed by atoms with Gasteiger partial charge < -0.3 is 5.32 Å². The van der Waals surface area contributed by atoms with Crippen LogP contribution >= 0.6 is 23.1 Å². The monoisotopic (exact) mass is 405 g/mol. The zero-order valence-electron chi connectivity index (χ0n) is 15.3. The summed E-state index contributed by atoms with van der Waals surface area (Å²) in [6.45, 7) is 2.65. The Kier molecular flexibility index (Phi) is 6.74. The van der Waals surface area contributed by atoms with Crippen molar-refractivity contribution in [1.29, 1.82) is 5.26 Å². The summed E-state index contributed by atoms with van der Waals surface area (Å²) in [5.74, 6) is -0.0467. The second-order valence-corrected chi connectivity index (χ2v) is 8.58. The minimum Gasteiger partial charge on any atom is -0.316 e. The highest BCUT2D eigenvalue weighted by Gasteiger charge is 2.21. The molecule has 1 amide bonds. The number of hydrogen-bond acceptors (Lipinski definition) is 6. The number of rotatable bonds is 7. The van der Waals surface area contributed by atoms with E-state index in [4.69, 9.17) is 0 Å². The van der Waals surface area contributed by atoms with Crippen molar-refractivity contribution in [3.05, 3.63) is 26.5 Å². The van der Waals surface area contributed by atoms with Crippen LogP contribution in [0.3, 0.4) is 0 Å². The van der Waals surface area contributed by atoms with Crippen LogP contribution in [-0.2, 0) is 24.2 Å². The Hall–Kier alpha value is -2.05. The molecule has 27 heavy (non-hydrogen) atoms. The molecule has 2 aromatic rings. The molecule has 0 atom stereocenters. The summed E-state index contributed by atoms with van der Waals surface area (Å²) in [6.07, 6.45) is 7.17. The summed E-state index contributed by atoms with van der Waals surface area (Å²) >= 11 is 2.76. The first-order chi connectivity index (χ1) is 13.1. The lowest BCUT2D eigenvalue weighted by Gasteiger charge is -2.05. The van der Waals surface area contributed by atoms with Gasteiger partial charge in [0.15, 0.2) is 5.16 Å². The van der Waals surface area contributed by atoms with Crippen molar-refractivity contribution in [2.75, 3.05) is 11.1 Å². The van der Waals surface area contributed by atoms with E-state index in [1.54, 1.807) is 4.57 Å². The van der Waals surface area contributed by atoms with E-state index >= 15 is 0 Å². The number of nitrogens with one attached hydrogen (secondary N) is 2. The molecule has 1 aliphatic carbocycles. The summed E-state index contributed by atoms with van der Waals surface area (Å²) in [6, 6.07) is 2.27. The lowest BCUT2D eigenvalue weighted by Crippen LogP contribution is -2.19. The molecule has 2 N–H and O–H groups in total. The Bertz CT molecular complexity index is 906. The van der Waals surface area contributed by atoms with E-state index in [1.807, 2.05) is 0 Å². The number of hydrogen-bond donors (Lipinski definition) is 2. The number of nitrogens with zero attached hydrogens (tertiary/aromatic N) is 3. The van der Waals surface area contributed by atoms with Crippen LogP contribution in [0.15, 0.2) is 9.95 Å². The number of carbonyl (C=O) groups excluding carboxylic acids is 1. The summed E-state index contributed by atoms with van der Waals surface area (Å²) in [5.41, 5.74) is 1.48. The van der Waals surface area contributed by atoms with Gasteiger partial charge in [-0.25, -0.2) is 9.89 Å². The van der Waals surface area contributed by atoms with Crippen LogP contribution in [0.25, 0.3) is 0 Å². The van der Waals surface area contributed by atoms with Gasteiger partial charge in [-0.05, 0) is 37.7 Å². The number of fused-ring (bicyclic) bond motifs is 1. The van der Waals surface area contributed by atoms with E-state index in [0.717, 1.165) is 44.1 Å². The Morgan fingerprint density at radius 1 is 1.41 bits per heavy atom. The van der Waals surface area contributed by atoms with Crippen molar-refractivity contribution in [3.63, 3.8) is 0 Å². The number of nitriles is 1. The first-order valence-electron chi connectivity index (χ1n) is 9.26. The zero-order valence-corrected chi connectivity index (χ0v) is 17.0. The number of thioether (sulfide) groups is 1. The maximum Gasteiger partial charge on any atom is 0.343 e. The molecule has 1 aliphatic rings. The van der Waals surface area contributed by atoms with Gasteiger partial charge in [-0.2, -0.15) is 5.26 Å². The van der Waals surface area contributed by atoms with Crippen LogP contribution in [0.4, 0.5) is 5.00 Å². The predicted molar refractivity (Wildman–Crippen MR) is 107 cm³/mol. The molecule has 2 heterocycles. The van der Waals surface area contributed by atoms with Gasteiger partial charge >= 0.3 is 5.69 Å². The van der Waals surface area contributed by atoms with E-state index in [1.165, 1.54) is 34.4 Å². The first-order valence-corrected chi connectivity index (χ1v) is 11.1. The molecule has 9 heteroatoms. The van der Waals surface area contributed by atoms with Crippen LogP contribution in [0.1, 0.15) is 55.0 Å². The molecule has 0 spiro atoms. The smallest absolute Gasteiger partial charge is 0.316 e. The summed E-state index contributed by atoms with van der Waals surface area (Å²) in [7, 11) is 0. The fraction of sp³-hybridized carbons (Fsp3) is 0.556. The van der Waals surface area contributed by atoms with Crippen molar-refractivity contribution in [3.8, 4) is 6.07 Å². The van der Waals surface area contributed by atoms with Crippen LogP contribution < -0.4 is 11.0 Å². The molecule has 0 bridgehead atoms. The average Bonchev–Trinajstić information content (AvgIpc) is 3.08. The fourth-order valence-corrected chi connectivity index (χ4v) is 5.20. The Balaban J connectivity index is 1.65. The number of carbonyl (C=O) groups is 1. The number of anilines is 1. The topological polar surface area (TPSA) is 104 Å². The van der Waals surface area contributed by atoms with E-state index in [-0.39, 0.29) is 17.3 Å². The van der Waals surface area contributed by atoms with Gasteiger partial charge in [0.25, 0.3) is 0 Å². The molecule has 7 nitrogen and oxygen atoms in total. The average molecular weight is 406 g/mol. The van der Waals surface area contributed by atoms with Crippen LogP contribution in [0, 0.1) is 11.3 Å².